The quantitative estimate of drug-likeness (QED) is 0.298. The standard InChI is InChI=1S/C24H29N3O3/c1-16-9-10-18(17(2)13-16)15-25-23-26-21-14-20(30-24(28)29)11-12-22(21)27(23)19-7-5-3-4-6-8-19/h9-14,19H,3-8,15H2,1-2H3,(H,25,26)(H,28,29). The Morgan fingerprint density at radius 1 is 1.13 bits per heavy atom. The first-order chi connectivity index (χ1) is 14.5. The summed E-state index contributed by atoms with van der Waals surface area (Å²) in [7, 11) is 0. The molecule has 3 aromatic rings. The van der Waals surface area contributed by atoms with Crippen LogP contribution in [0.25, 0.3) is 11.0 Å². The maximum atomic E-state index is 10.9. The van der Waals surface area contributed by atoms with Gasteiger partial charge in [0.15, 0.2) is 0 Å². The van der Waals surface area contributed by atoms with Crippen molar-refractivity contribution in [3.63, 3.8) is 0 Å². The van der Waals surface area contributed by atoms with Gasteiger partial charge in [-0.1, -0.05) is 49.4 Å². The first-order valence-electron chi connectivity index (χ1n) is 10.7. The van der Waals surface area contributed by atoms with Gasteiger partial charge in [0.2, 0.25) is 5.95 Å². The van der Waals surface area contributed by atoms with Gasteiger partial charge in [-0.05, 0) is 49.9 Å². The molecule has 0 aliphatic heterocycles. The summed E-state index contributed by atoms with van der Waals surface area (Å²) < 4.78 is 7.15. The fraction of sp³-hybridized carbons (Fsp3) is 0.417. The Kier molecular flexibility index (Phi) is 5.93. The molecule has 158 valence electrons. The maximum Gasteiger partial charge on any atom is 0.511 e. The van der Waals surface area contributed by atoms with Crippen LogP contribution in [0.4, 0.5) is 10.7 Å². The molecule has 30 heavy (non-hydrogen) atoms. The molecular weight excluding hydrogens is 378 g/mol. The number of anilines is 1. The number of hydrogen-bond acceptors (Lipinski definition) is 4. The van der Waals surface area contributed by atoms with Gasteiger partial charge in [0.1, 0.15) is 5.75 Å². The van der Waals surface area contributed by atoms with Gasteiger partial charge in [-0.25, -0.2) is 9.78 Å². The first kappa shape index (κ1) is 20.3. The Morgan fingerprint density at radius 3 is 2.60 bits per heavy atom. The van der Waals surface area contributed by atoms with E-state index in [1.54, 1.807) is 12.1 Å². The first-order valence-corrected chi connectivity index (χ1v) is 10.7. The highest BCUT2D eigenvalue weighted by molar-refractivity contribution is 5.81. The molecular formula is C24H29N3O3. The van der Waals surface area contributed by atoms with Gasteiger partial charge >= 0.3 is 6.16 Å². The highest BCUT2D eigenvalue weighted by Crippen LogP contribution is 2.34. The van der Waals surface area contributed by atoms with Gasteiger partial charge in [0.05, 0.1) is 11.0 Å². The number of benzene rings is 2. The summed E-state index contributed by atoms with van der Waals surface area (Å²) in [5.74, 6) is 1.13. The molecule has 1 aliphatic carbocycles. The van der Waals surface area contributed by atoms with Crippen molar-refractivity contribution in [2.45, 2.75) is 65.0 Å². The van der Waals surface area contributed by atoms with E-state index < -0.39 is 6.16 Å². The molecule has 2 aromatic carbocycles. The summed E-state index contributed by atoms with van der Waals surface area (Å²) in [6.07, 6.45) is 5.97. The lowest BCUT2D eigenvalue weighted by Crippen LogP contribution is -2.13. The zero-order valence-electron chi connectivity index (χ0n) is 17.6. The summed E-state index contributed by atoms with van der Waals surface area (Å²) >= 11 is 0. The number of aromatic nitrogens is 2. The molecule has 0 atom stereocenters. The second-order valence-corrected chi connectivity index (χ2v) is 8.25. The molecule has 0 bridgehead atoms. The zero-order valence-corrected chi connectivity index (χ0v) is 17.6. The average Bonchev–Trinajstić information content (AvgIpc) is 2.86. The van der Waals surface area contributed by atoms with Crippen LogP contribution in [-0.4, -0.2) is 20.8 Å². The van der Waals surface area contributed by atoms with Gasteiger partial charge in [-0.15, -0.1) is 0 Å². The lowest BCUT2D eigenvalue weighted by molar-refractivity contribution is 0.144. The highest BCUT2D eigenvalue weighted by atomic mass is 16.7. The molecule has 2 N–H and O–H groups in total. The summed E-state index contributed by atoms with van der Waals surface area (Å²) in [5, 5.41) is 12.5. The van der Waals surface area contributed by atoms with Gasteiger partial charge in [-0.3, -0.25) is 0 Å². The molecule has 0 saturated heterocycles. The molecule has 4 rings (SSSR count). The summed E-state index contributed by atoms with van der Waals surface area (Å²) in [4.78, 5) is 15.7. The van der Waals surface area contributed by atoms with Crippen LogP contribution in [0.1, 0.15) is 61.3 Å². The van der Waals surface area contributed by atoms with Crippen LogP contribution >= 0.6 is 0 Å². The minimum Gasteiger partial charge on any atom is -0.449 e. The third-order valence-electron chi connectivity index (χ3n) is 5.99. The van der Waals surface area contributed by atoms with E-state index in [0.29, 0.717) is 18.3 Å². The van der Waals surface area contributed by atoms with Crippen LogP contribution in [0.5, 0.6) is 5.75 Å². The van der Waals surface area contributed by atoms with E-state index >= 15 is 0 Å². The lowest BCUT2D eigenvalue weighted by atomic mass is 10.1. The van der Waals surface area contributed by atoms with Crippen molar-refractivity contribution in [2.75, 3.05) is 5.32 Å². The van der Waals surface area contributed by atoms with Gasteiger partial charge < -0.3 is 19.7 Å². The number of aryl methyl sites for hydroxylation is 2. The van der Waals surface area contributed by atoms with Crippen LogP contribution in [0.3, 0.4) is 0 Å². The van der Waals surface area contributed by atoms with E-state index in [-0.39, 0.29) is 0 Å². The Bertz CT molecular complexity index is 1050. The van der Waals surface area contributed by atoms with E-state index in [9.17, 15) is 4.79 Å². The summed E-state index contributed by atoms with van der Waals surface area (Å²) in [6, 6.07) is 12.2. The van der Waals surface area contributed by atoms with Crippen molar-refractivity contribution in [3.05, 3.63) is 53.1 Å². The third-order valence-corrected chi connectivity index (χ3v) is 5.99. The van der Waals surface area contributed by atoms with E-state index in [2.05, 4.69) is 41.9 Å². The van der Waals surface area contributed by atoms with Crippen LogP contribution in [0, 0.1) is 13.8 Å². The smallest absolute Gasteiger partial charge is 0.449 e. The number of imidazole rings is 1. The van der Waals surface area contributed by atoms with Crippen molar-refractivity contribution in [2.24, 2.45) is 0 Å². The van der Waals surface area contributed by atoms with Crippen LogP contribution in [0.2, 0.25) is 0 Å². The van der Waals surface area contributed by atoms with E-state index in [4.69, 9.17) is 14.8 Å². The third kappa shape index (κ3) is 4.42. The Labute approximate surface area is 176 Å². The number of ether oxygens (including phenoxy) is 1. The van der Waals surface area contributed by atoms with Crippen molar-refractivity contribution in [3.8, 4) is 5.75 Å². The van der Waals surface area contributed by atoms with Crippen molar-refractivity contribution >= 4 is 23.1 Å². The fourth-order valence-electron chi connectivity index (χ4n) is 4.47. The molecule has 6 nitrogen and oxygen atoms in total. The van der Waals surface area contributed by atoms with E-state index in [1.807, 2.05) is 6.07 Å². The van der Waals surface area contributed by atoms with E-state index in [0.717, 1.165) is 29.8 Å². The minimum atomic E-state index is -1.31. The Hall–Kier alpha value is -3.02. The molecule has 1 heterocycles. The predicted octanol–water partition coefficient (Wildman–Crippen LogP) is 6.22. The predicted molar refractivity (Wildman–Crippen MR) is 118 cm³/mol. The van der Waals surface area contributed by atoms with Gasteiger partial charge in [0.25, 0.3) is 0 Å². The normalized spacial score (nSPS) is 15.1. The highest BCUT2D eigenvalue weighted by Gasteiger charge is 2.21. The number of carbonyl (C=O) groups is 1. The molecule has 1 aromatic heterocycles. The molecule has 1 saturated carbocycles. The number of nitrogens with one attached hydrogen (secondary N) is 1. The van der Waals surface area contributed by atoms with Gasteiger partial charge in [0, 0.05) is 18.7 Å². The second-order valence-electron chi connectivity index (χ2n) is 8.25. The lowest BCUT2D eigenvalue weighted by Gasteiger charge is -2.21. The zero-order chi connectivity index (χ0) is 21.1. The van der Waals surface area contributed by atoms with Gasteiger partial charge in [-0.2, -0.15) is 0 Å². The Balaban J connectivity index is 1.69. The second kappa shape index (κ2) is 8.78. The monoisotopic (exact) mass is 407 g/mol. The van der Waals surface area contributed by atoms with Crippen molar-refractivity contribution < 1.29 is 14.6 Å². The number of rotatable bonds is 5. The minimum absolute atomic E-state index is 0.293. The molecule has 1 fully saturated rings. The summed E-state index contributed by atoms with van der Waals surface area (Å²) in [6.45, 7) is 4.93. The summed E-state index contributed by atoms with van der Waals surface area (Å²) in [5.41, 5.74) is 5.53. The van der Waals surface area contributed by atoms with Crippen LogP contribution < -0.4 is 10.1 Å². The molecule has 0 unspecified atom stereocenters. The largest absolute Gasteiger partial charge is 0.511 e. The van der Waals surface area contributed by atoms with E-state index in [1.165, 1.54) is 42.4 Å². The molecule has 1 aliphatic rings. The number of nitrogens with zero attached hydrogens (tertiary/aromatic N) is 2. The Morgan fingerprint density at radius 2 is 1.90 bits per heavy atom. The topological polar surface area (TPSA) is 76.4 Å². The molecule has 6 heteroatoms. The number of carboxylic acid groups (broad SMARTS) is 1. The average molecular weight is 408 g/mol. The van der Waals surface area contributed by atoms with Crippen molar-refractivity contribution in [1.29, 1.82) is 0 Å². The number of hydrogen-bond donors (Lipinski definition) is 2. The molecule has 0 amide bonds. The fourth-order valence-corrected chi connectivity index (χ4v) is 4.47. The molecule has 0 radical (unpaired) electrons. The van der Waals surface area contributed by atoms with Crippen molar-refractivity contribution in [1.82, 2.24) is 9.55 Å². The maximum absolute atomic E-state index is 10.9. The SMILES string of the molecule is Cc1ccc(CNc2nc3cc(OC(=O)O)ccc3n2C2CCCCCC2)c(C)c1. The number of fused-ring (bicyclic) bond motifs is 1. The molecule has 0 spiro atoms. The van der Waals surface area contributed by atoms with Crippen LogP contribution in [0.15, 0.2) is 36.4 Å². The van der Waals surface area contributed by atoms with Crippen LogP contribution in [-0.2, 0) is 6.54 Å².